The Morgan fingerprint density at radius 3 is 2.61 bits per heavy atom. The molecule has 0 radical (unpaired) electrons. The lowest BCUT2D eigenvalue weighted by Crippen LogP contribution is -2.41. The molecule has 0 spiro atoms. The Labute approximate surface area is 306 Å². The predicted octanol–water partition coefficient (Wildman–Crippen LogP) is 6.67. The number of nitrogens with zero attached hydrogens (tertiary/aromatic N) is 4. The molecule has 282 valence electrons. The number of carbonyl (C=O) groups excluding carboxylic acids is 2. The second-order valence-electron chi connectivity index (χ2n) is 15.1. The summed E-state index contributed by atoms with van der Waals surface area (Å²) in [5, 5.41) is 17.4. The minimum atomic E-state index is -0.707. The van der Waals surface area contributed by atoms with E-state index < -0.39 is 39.8 Å². The molecule has 5 heterocycles. The van der Waals surface area contributed by atoms with Crippen LogP contribution in [-0.4, -0.2) is 86.5 Å². The Kier molecular flexibility index (Phi) is 8.59. The number of pyridine rings is 1. The first-order valence-electron chi connectivity index (χ1n) is 18.0. The highest BCUT2D eigenvalue weighted by atomic mass is 19.1. The van der Waals surface area contributed by atoms with E-state index >= 15 is 4.39 Å². The molecule has 2 atom stereocenters. The minimum absolute atomic E-state index is 0.0573. The molecule has 2 amide bonds. The quantitative estimate of drug-likeness (QED) is 0.0692. The van der Waals surface area contributed by atoms with Gasteiger partial charge in [0.25, 0.3) is 11.6 Å². The van der Waals surface area contributed by atoms with E-state index in [2.05, 4.69) is 27.4 Å². The Hall–Kier alpha value is -5.90. The second kappa shape index (κ2) is 13.2. The van der Waals surface area contributed by atoms with Gasteiger partial charge in [0.1, 0.15) is 22.4 Å². The number of aromatic nitrogens is 2. The number of fused-ring (bicyclic) bond motifs is 4. The fourth-order valence-electron chi connectivity index (χ4n) is 7.58. The maximum Gasteiger partial charge on any atom is 0.407 e. The van der Waals surface area contributed by atoms with Crippen LogP contribution < -0.4 is 16.1 Å². The molecule has 0 aliphatic carbocycles. The summed E-state index contributed by atoms with van der Waals surface area (Å²) in [4.78, 5) is 58.7. The Bertz CT molecular complexity index is 2600. The molecule has 2 aliphatic rings. The Morgan fingerprint density at radius 2 is 1.87 bits per heavy atom. The summed E-state index contributed by atoms with van der Waals surface area (Å²) in [6.45, 7) is 9.92. The number of nitro groups is 1. The summed E-state index contributed by atoms with van der Waals surface area (Å²) in [7, 11) is 0. The zero-order chi connectivity index (χ0) is 38.1. The zero-order valence-corrected chi connectivity index (χ0v) is 30.3. The van der Waals surface area contributed by atoms with Gasteiger partial charge in [-0.3, -0.25) is 24.6 Å². The molecule has 16 heteroatoms. The van der Waals surface area contributed by atoms with Gasteiger partial charge in [-0.15, -0.1) is 0 Å². The fraction of sp³-hybridized carbons (Fsp3) is 0.395. The first-order valence-corrected chi connectivity index (χ1v) is 18.0. The third kappa shape index (κ3) is 6.39. The minimum Gasteiger partial charge on any atom is -0.453 e. The highest BCUT2D eigenvalue weighted by molar-refractivity contribution is 6.07. The van der Waals surface area contributed by atoms with Gasteiger partial charge < -0.3 is 38.5 Å². The van der Waals surface area contributed by atoms with Crippen LogP contribution in [0.4, 0.5) is 20.6 Å². The standard InChI is InChI=1S/C38H40FN7O8/c1-20-6-5-11-43(20)13-10-40-32-25(39)15-23-33-35(32)53-31-16-27-30(52-29-14-22(46(50)51)7-8-26(29)42-27)17-28(31)45(33)19-24(34(23)47)36(48)44-12-9-21(18-44)41-37(49)54-38(2,3)4/h7-8,14-17,19-21,40,42H,5-6,9-13,18H2,1-4H3,(H,41,49)/t20?,21-/m0/s1. The largest absolute Gasteiger partial charge is 0.453 e. The normalized spacial score (nSPS) is 18.1. The number of nitro benzene ring substituents is 1. The number of halogens is 1. The molecule has 2 aliphatic heterocycles. The Morgan fingerprint density at radius 1 is 1.07 bits per heavy atom. The predicted molar refractivity (Wildman–Crippen MR) is 200 cm³/mol. The number of rotatable bonds is 7. The lowest BCUT2D eigenvalue weighted by atomic mass is 10.1. The van der Waals surface area contributed by atoms with Crippen LogP contribution >= 0.6 is 0 Å². The number of benzene rings is 3. The summed E-state index contributed by atoms with van der Waals surface area (Å²) in [6.07, 6.45) is 3.48. The lowest BCUT2D eigenvalue weighted by molar-refractivity contribution is -0.384. The van der Waals surface area contributed by atoms with Crippen molar-refractivity contribution in [1.82, 2.24) is 24.5 Å². The van der Waals surface area contributed by atoms with Crippen LogP contribution in [0.2, 0.25) is 0 Å². The van der Waals surface area contributed by atoms with Crippen molar-refractivity contribution in [3.63, 3.8) is 0 Å². The van der Waals surface area contributed by atoms with Crippen LogP contribution in [0.3, 0.4) is 0 Å². The SMILES string of the molecule is CC1CCCN1CCNc1c(F)cc2c(=O)c(C(=O)N3CC[C@H](NC(=O)OC(C)(C)C)C3)cn3c4cc5oc6cc([N+](=O)[O-])ccc6[nH]c5cc4oc1c23. The van der Waals surface area contributed by atoms with Crippen LogP contribution in [0.5, 0.6) is 0 Å². The van der Waals surface area contributed by atoms with E-state index in [-0.39, 0.29) is 57.7 Å². The molecule has 3 aromatic carbocycles. The summed E-state index contributed by atoms with van der Waals surface area (Å²) < 4.78 is 35.8. The van der Waals surface area contributed by atoms with Crippen molar-refractivity contribution < 1.29 is 32.5 Å². The topological polar surface area (TPSA) is 181 Å². The average molecular weight is 742 g/mol. The molecule has 0 bridgehead atoms. The van der Waals surface area contributed by atoms with E-state index in [0.717, 1.165) is 25.5 Å². The monoisotopic (exact) mass is 741 g/mol. The third-order valence-electron chi connectivity index (χ3n) is 10.2. The molecule has 0 saturated carbocycles. The molecule has 2 fully saturated rings. The van der Waals surface area contributed by atoms with Crippen molar-refractivity contribution in [2.24, 2.45) is 0 Å². The lowest BCUT2D eigenvalue weighted by Gasteiger charge is -2.22. The van der Waals surface area contributed by atoms with Gasteiger partial charge in [0, 0.05) is 56.6 Å². The third-order valence-corrected chi connectivity index (χ3v) is 10.2. The number of likely N-dealkylation sites (tertiary alicyclic amines) is 2. The number of nitrogens with one attached hydrogen (secondary N) is 3. The number of anilines is 1. The van der Waals surface area contributed by atoms with Crippen LogP contribution in [-0.2, 0) is 4.74 Å². The first kappa shape index (κ1) is 35.1. The van der Waals surface area contributed by atoms with E-state index in [0.29, 0.717) is 47.7 Å². The molecule has 15 nitrogen and oxygen atoms in total. The van der Waals surface area contributed by atoms with Crippen LogP contribution in [0.25, 0.3) is 49.8 Å². The van der Waals surface area contributed by atoms with Gasteiger partial charge in [-0.2, -0.15) is 0 Å². The van der Waals surface area contributed by atoms with Crippen LogP contribution in [0.1, 0.15) is 57.3 Å². The van der Waals surface area contributed by atoms with Crippen LogP contribution in [0.15, 0.2) is 56.2 Å². The molecule has 54 heavy (non-hydrogen) atoms. The van der Waals surface area contributed by atoms with Gasteiger partial charge in [0.2, 0.25) is 5.43 Å². The van der Waals surface area contributed by atoms with Crippen molar-refractivity contribution in [3.8, 4) is 0 Å². The number of non-ortho nitro benzene ring substituents is 1. The summed E-state index contributed by atoms with van der Waals surface area (Å²) >= 11 is 0. The van der Waals surface area contributed by atoms with Crippen molar-refractivity contribution in [2.45, 2.75) is 64.6 Å². The smallest absolute Gasteiger partial charge is 0.407 e. The second-order valence-corrected chi connectivity index (χ2v) is 15.1. The van der Waals surface area contributed by atoms with Crippen molar-refractivity contribution in [2.75, 3.05) is 38.0 Å². The van der Waals surface area contributed by atoms with E-state index in [1.165, 1.54) is 23.2 Å². The number of alkyl carbamates (subject to hydrolysis) is 1. The van der Waals surface area contributed by atoms with E-state index in [1.54, 1.807) is 43.4 Å². The van der Waals surface area contributed by atoms with Crippen molar-refractivity contribution in [1.29, 1.82) is 0 Å². The number of hydrogen-bond donors (Lipinski definition) is 3. The number of hydrogen-bond acceptors (Lipinski definition) is 10. The van der Waals surface area contributed by atoms with Gasteiger partial charge in [0.05, 0.1) is 39.0 Å². The number of ether oxygens (including phenoxy) is 1. The van der Waals surface area contributed by atoms with Gasteiger partial charge in [-0.1, -0.05) is 0 Å². The first-order chi connectivity index (χ1) is 25.7. The zero-order valence-electron chi connectivity index (χ0n) is 30.3. The van der Waals surface area contributed by atoms with E-state index in [9.17, 15) is 24.5 Å². The molecule has 3 aromatic heterocycles. The highest BCUT2D eigenvalue weighted by Crippen LogP contribution is 2.36. The Balaban J connectivity index is 1.26. The van der Waals surface area contributed by atoms with Gasteiger partial charge >= 0.3 is 6.09 Å². The van der Waals surface area contributed by atoms with Gasteiger partial charge in [0.15, 0.2) is 28.1 Å². The molecule has 2 saturated heterocycles. The molecule has 6 aromatic rings. The maximum atomic E-state index is 16.2. The van der Waals surface area contributed by atoms with Crippen LogP contribution in [0, 0.1) is 15.9 Å². The summed E-state index contributed by atoms with van der Waals surface area (Å²) in [5.41, 5.74) is 0.942. The fourth-order valence-corrected chi connectivity index (χ4v) is 7.58. The summed E-state index contributed by atoms with van der Waals surface area (Å²) in [5.74, 6) is -1.28. The maximum absolute atomic E-state index is 16.2. The molecule has 3 N–H and O–H groups in total. The number of H-pyrrole nitrogens is 1. The van der Waals surface area contributed by atoms with Crippen molar-refractivity contribution in [3.05, 3.63) is 74.3 Å². The number of amides is 2. The number of aromatic amines is 1. The molecular formula is C38H40FN7O8. The van der Waals surface area contributed by atoms with Crippen molar-refractivity contribution >= 4 is 73.2 Å². The molecule has 8 rings (SSSR count). The van der Waals surface area contributed by atoms with E-state index in [4.69, 9.17) is 13.6 Å². The molecule has 1 unspecified atom stereocenters. The highest BCUT2D eigenvalue weighted by Gasteiger charge is 2.32. The summed E-state index contributed by atoms with van der Waals surface area (Å²) in [6, 6.07) is 8.69. The average Bonchev–Trinajstić information content (AvgIpc) is 3.75. The number of carbonyl (C=O) groups is 2. The van der Waals surface area contributed by atoms with Gasteiger partial charge in [-0.25, -0.2) is 9.18 Å². The van der Waals surface area contributed by atoms with Gasteiger partial charge in [-0.05, 0) is 65.6 Å². The van der Waals surface area contributed by atoms with E-state index in [1.807, 2.05) is 0 Å². The molecular weight excluding hydrogens is 701 g/mol.